The van der Waals surface area contributed by atoms with E-state index in [9.17, 15) is 14.4 Å². The Hall–Kier alpha value is -2.64. The van der Waals surface area contributed by atoms with Gasteiger partial charge in [0.25, 0.3) is 5.91 Å². The average Bonchev–Trinajstić information content (AvgIpc) is 3.14. The maximum Gasteiger partial charge on any atom is 0.305 e. The van der Waals surface area contributed by atoms with Gasteiger partial charge in [-0.05, 0) is 54.8 Å². The van der Waals surface area contributed by atoms with Crippen molar-refractivity contribution in [1.29, 1.82) is 0 Å². The predicted molar refractivity (Wildman–Crippen MR) is 142 cm³/mol. The molecule has 1 aromatic heterocycles. The number of carbonyl (C=O) groups is 3. The fourth-order valence-corrected chi connectivity index (χ4v) is 4.96. The molecule has 0 radical (unpaired) electrons. The Morgan fingerprint density at radius 1 is 1.11 bits per heavy atom. The number of carboxylic acid groups (broad SMARTS) is 1. The number of hydrogen-bond donors (Lipinski definition) is 2. The lowest BCUT2D eigenvalue weighted by Crippen LogP contribution is -2.26. The van der Waals surface area contributed by atoms with Crippen molar-refractivity contribution in [3.05, 3.63) is 68.8 Å². The molecule has 3 rings (SSSR count). The summed E-state index contributed by atoms with van der Waals surface area (Å²) < 4.78 is 2.68. The summed E-state index contributed by atoms with van der Waals surface area (Å²) in [6.07, 6.45) is 4.29. The molecule has 1 amide bonds. The van der Waals surface area contributed by atoms with Gasteiger partial charge in [0, 0.05) is 45.5 Å². The normalized spacial score (nSPS) is 12.0. The number of nitrogens with one attached hydrogen (secondary N) is 1. The number of fused-ring (bicyclic) bond motifs is 1. The van der Waals surface area contributed by atoms with Crippen LogP contribution in [0.25, 0.3) is 10.9 Å². The van der Waals surface area contributed by atoms with E-state index in [0.29, 0.717) is 22.7 Å². The lowest BCUT2D eigenvalue weighted by atomic mass is 9.88. The molecule has 1 atom stereocenters. The van der Waals surface area contributed by atoms with Gasteiger partial charge in [0.15, 0.2) is 5.78 Å². The molecule has 6 nitrogen and oxygen atoms in total. The highest BCUT2D eigenvalue weighted by atomic mass is 79.9. The number of Topliss-reactive ketones (excluding diaryl/α,β-unsaturated/α-hetero) is 1. The maximum atomic E-state index is 13.7. The van der Waals surface area contributed by atoms with Crippen LogP contribution in [-0.4, -0.2) is 33.9 Å². The van der Waals surface area contributed by atoms with Crippen LogP contribution in [0.3, 0.4) is 0 Å². The number of aryl methyl sites for hydroxylation is 1. The zero-order chi connectivity index (χ0) is 25.5. The van der Waals surface area contributed by atoms with Crippen LogP contribution in [-0.2, 0) is 18.3 Å². The molecule has 3 aromatic rings. The van der Waals surface area contributed by atoms with Gasteiger partial charge in [0.1, 0.15) is 0 Å². The molecule has 0 bridgehead atoms. The number of rotatable bonds is 12. The van der Waals surface area contributed by atoms with E-state index in [1.54, 1.807) is 12.1 Å². The highest BCUT2D eigenvalue weighted by Crippen LogP contribution is 2.29. The molecule has 0 saturated heterocycles. The highest BCUT2D eigenvalue weighted by Gasteiger charge is 2.24. The molecule has 186 valence electrons. The summed E-state index contributed by atoms with van der Waals surface area (Å²) in [5.74, 6) is -1.40. The smallest absolute Gasteiger partial charge is 0.305 e. The molecule has 2 aromatic carbocycles. The fourth-order valence-electron chi connectivity index (χ4n) is 4.24. The molecular formula is C27H30BrClN2O4. The van der Waals surface area contributed by atoms with Gasteiger partial charge in [-0.1, -0.05) is 59.8 Å². The van der Waals surface area contributed by atoms with Crippen molar-refractivity contribution in [2.24, 2.45) is 13.0 Å². The summed E-state index contributed by atoms with van der Waals surface area (Å²) in [6.45, 7) is 2.21. The number of benzene rings is 2. The predicted octanol–water partition coefficient (Wildman–Crippen LogP) is 6.42. The average molecular weight is 562 g/mol. The lowest BCUT2D eigenvalue weighted by molar-refractivity contribution is -0.136. The minimum atomic E-state index is -0.963. The summed E-state index contributed by atoms with van der Waals surface area (Å²) >= 11 is 9.72. The fraction of sp³-hybridized carbons (Fsp3) is 0.370. The van der Waals surface area contributed by atoms with Gasteiger partial charge in [-0.2, -0.15) is 0 Å². The molecule has 35 heavy (non-hydrogen) atoms. The number of nitrogens with zero attached hydrogens (tertiary/aromatic N) is 1. The summed E-state index contributed by atoms with van der Waals surface area (Å²) in [5, 5.41) is 12.9. The lowest BCUT2D eigenvalue weighted by Gasteiger charge is -2.18. The van der Waals surface area contributed by atoms with Crippen LogP contribution in [0.2, 0.25) is 5.02 Å². The van der Waals surface area contributed by atoms with Crippen LogP contribution < -0.4 is 5.32 Å². The van der Waals surface area contributed by atoms with Crippen molar-refractivity contribution in [3.63, 3.8) is 0 Å². The Bertz CT molecular complexity index is 1240. The van der Waals surface area contributed by atoms with Crippen LogP contribution in [0.5, 0.6) is 0 Å². The van der Waals surface area contributed by atoms with Crippen molar-refractivity contribution in [3.8, 4) is 0 Å². The first-order valence-electron chi connectivity index (χ1n) is 11.8. The van der Waals surface area contributed by atoms with E-state index in [1.807, 2.05) is 41.9 Å². The first kappa shape index (κ1) is 27.0. The van der Waals surface area contributed by atoms with Crippen molar-refractivity contribution in [2.75, 3.05) is 6.54 Å². The molecule has 8 heteroatoms. The second kappa shape index (κ2) is 12.4. The van der Waals surface area contributed by atoms with Crippen LogP contribution in [0.4, 0.5) is 0 Å². The Morgan fingerprint density at radius 3 is 2.57 bits per heavy atom. The molecule has 0 spiro atoms. The zero-order valence-corrected chi connectivity index (χ0v) is 22.3. The van der Waals surface area contributed by atoms with E-state index >= 15 is 0 Å². The van der Waals surface area contributed by atoms with Crippen molar-refractivity contribution < 1.29 is 19.5 Å². The second-order valence-corrected chi connectivity index (χ2v) is 10.0. The Morgan fingerprint density at radius 2 is 1.89 bits per heavy atom. The first-order chi connectivity index (χ1) is 16.7. The van der Waals surface area contributed by atoms with E-state index < -0.39 is 5.97 Å². The summed E-state index contributed by atoms with van der Waals surface area (Å²) in [4.78, 5) is 36.7. The topological polar surface area (TPSA) is 88.4 Å². The Balaban J connectivity index is 1.81. The van der Waals surface area contributed by atoms with Gasteiger partial charge in [-0.15, -0.1) is 0 Å². The summed E-state index contributed by atoms with van der Waals surface area (Å²) in [6, 6.07) is 12.8. The molecule has 0 saturated carbocycles. The quantitative estimate of drug-likeness (QED) is 0.197. The van der Waals surface area contributed by atoms with Crippen molar-refractivity contribution in [2.45, 2.75) is 45.4 Å². The van der Waals surface area contributed by atoms with Crippen LogP contribution in [0.15, 0.2) is 46.9 Å². The van der Waals surface area contributed by atoms with Gasteiger partial charge < -0.3 is 15.0 Å². The third-order valence-corrected chi connectivity index (χ3v) is 7.16. The third-order valence-electron chi connectivity index (χ3n) is 6.19. The van der Waals surface area contributed by atoms with Crippen LogP contribution >= 0.6 is 27.5 Å². The number of carboxylic acids is 1. The number of unbranched alkanes of at least 4 members (excludes halogenated alkanes) is 2. The zero-order valence-electron chi connectivity index (χ0n) is 19.9. The monoisotopic (exact) mass is 560 g/mol. The number of hydrogen-bond acceptors (Lipinski definition) is 3. The largest absolute Gasteiger partial charge is 0.481 e. The highest BCUT2D eigenvalue weighted by molar-refractivity contribution is 9.10. The molecular weight excluding hydrogens is 532 g/mol. The first-order valence-corrected chi connectivity index (χ1v) is 13.0. The molecule has 0 unspecified atom stereocenters. The van der Waals surface area contributed by atoms with Gasteiger partial charge >= 0.3 is 5.97 Å². The molecule has 1 heterocycles. The summed E-state index contributed by atoms with van der Waals surface area (Å²) in [7, 11) is 1.90. The number of ketones is 1. The van der Waals surface area contributed by atoms with Crippen LogP contribution in [0.1, 0.15) is 65.4 Å². The van der Waals surface area contributed by atoms with E-state index in [2.05, 4.69) is 28.2 Å². The van der Waals surface area contributed by atoms with Gasteiger partial charge in [0.2, 0.25) is 0 Å². The molecule has 0 aliphatic heterocycles. The van der Waals surface area contributed by atoms with Gasteiger partial charge in [-0.3, -0.25) is 14.4 Å². The minimum Gasteiger partial charge on any atom is -0.481 e. The number of carbonyl (C=O) groups excluding carboxylic acids is 2. The van der Waals surface area contributed by atoms with Crippen molar-refractivity contribution in [1.82, 2.24) is 9.88 Å². The molecule has 0 fully saturated rings. The Labute approximate surface area is 218 Å². The number of halogens is 2. The SMILES string of the molecule is CCCCC[C@@H](Cc1ccc(C(=O)NCCC(=O)O)cc1Br)C(=O)c1cc2cc(Cl)ccc2n1C. The Kier molecular flexibility index (Phi) is 9.52. The van der Waals surface area contributed by atoms with E-state index in [4.69, 9.17) is 16.7 Å². The number of aromatic nitrogens is 1. The van der Waals surface area contributed by atoms with Gasteiger partial charge in [0.05, 0.1) is 12.1 Å². The second-order valence-electron chi connectivity index (χ2n) is 8.76. The maximum absolute atomic E-state index is 13.7. The van der Waals surface area contributed by atoms with E-state index in [1.165, 1.54) is 0 Å². The summed E-state index contributed by atoms with van der Waals surface area (Å²) in [5.41, 5.74) is 3.01. The van der Waals surface area contributed by atoms with Crippen LogP contribution in [0, 0.1) is 5.92 Å². The third kappa shape index (κ3) is 6.95. The van der Waals surface area contributed by atoms with Crippen molar-refractivity contribution >= 4 is 56.1 Å². The molecule has 0 aliphatic carbocycles. The molecule has 2 N–H and O–H groups in total. The van der Waals surface area contributed by atoms with Gasteiger partial charge in [-0.25, -0.2) is 0 Å². The number of amides is 1. The minimum absolute atomic E-state index is 0.0672. The molecule has 0 aliphatic rings. The number of aliphatic carboxylic acids is 1. The van der Waals surface area contributed by atoms with E-state index in [0.717, 1.165) is 46.6 Å². The standard InChI is InChI=1S/C27H30BrClN2O4/c1-3-4-5-6-18(26(34)24-16-20-14-21(29)9-10-23(20)31(24)2)13-17-7-8-19(15-22(17)28)27(35)30-12-11-25(32)33/h7-10,14-16,18H,3-6,11-13H2,1-2H3,(H,30,35)(H,32,33)/t18-/m0/s1. The van der Waals surface area contributed by atoms with E-state index in [-0.39, 0.29) is 30.6 Å².